The lowest BCUT2D eigenvalue weighted by Gasteiger charge is -2.30. The van der Waals surface area contributed by atoms with E-state index in [2.05, 4.69) is 5.32 Å². The van der Waals surface area contributed by atoms with Crippen molar-refractivity contribution in [2.45, 2.75) is 70.5 Å². The number of halogens is 1. The second-order valence-electron chi connectivity index (χ2n) is 7.91. The molecule has 2 unspecified atom stereocenters. The minimum absolute atomic E-state index is 0.00378. The molecule has 0 aliphatic rings. The van der Waals surface area contributed by atoms with Crippen molar-refractivity contribution >= 4 is 35.2 Å². The van der Waals surface area contributed by atoms with Crippen LogP contribution in [0.5, 0.6) is 0 Å². The standard InChI is InChI=1S/C25H33ClN2O2S/c1-5-19(3)27-25(30)20(4)28(17-21-10-8-18(2)9-11-21)24(29)7-6-16-31-23-14-12-22(26)13-15-23/h8-15,19-20H,5-7,16-17H2,1-4H3,(H,27,30). The Kier molecular flexibility index (Phi) is 10.4. The number of aryl methyl sites for hydroxylation is 1. The topological polar surface area (TPSA) is 49.4 Å². The van der Waals surface area contributed by atoms with E-state index in [9.17, 15) is 9.59 Å². The van der Waals surface area contributed by atoms with Crippen molar-refractivity contribution in [2.24, 2.45) is 0 Å². The number of carbonyl (C=O) groups is 2. The third-order valence-electron chi connectivity index (χ3n) is 5.26. The lowest BCUT2D eigenvalue weighted by atomic mass is 10.1. The van der Waals surface area contributed by atoms with Crippen LogP contribution in [0.15, 0.2) is 53.4 Å². The maximum Gasteiger partial charge on any atom is 0.242 e. The summed E-state index contributed by atoms with van der Waals surface area (Å²) in [6.07, 6.45) is 2.01. The fourth-order valence-electron chi connectivity index (χ4n) is 3.03. The molecular weight excluding hydrogens is 428 g/mol. The van der Waals surface area contributed by atoms with E-state index in [4.69, 9.17) is 11.6 Å². The molecule has 0 spiro atoms. The molecule has 0 aromatic heterocycles. The highest BCUT2D eigenvalue weighted by Crippen LogP contribution is 2.22. The molecule has 2 aromatic rings. The Hall–Kier alpha value is -1.98. The van der Waals surface area contributed by atoms with Crippen molar-refractivity contribution in [1.29, 1.82) is 0 Å². The van der Waals surface area contributed by atoms with Crippen LogP contribution in [0.2, 0.25) is 5.02 Å². The van der Waals surface area contributed by atoms with Crippen LogP contribution in [0.3, 0.4) is 0 Å². The second kappa shape index (κ2) is 12.8. The summed E-state index contributed by atoms with van der Waals surface area (Å²) in [6.45, 7) is 8.28. The Morgan fingerprint density at radius 3 is 2.32 bits per heavy atom. The van der Waals surface area contributed by atoms with E-state index in [0.717, 1.165) is 34.1 Å². The first kappa shape index (κ1) is 25.3. The maximum atomic E-state index is 13.1. The van der Waals surface area contributed by atoms with Crippen LogP contribution in [0.4, 0.5) is 0 Å². The molecule has 0 saturated heterocycles. The number of rotatable bonds is 11. The van der Waals surface area contributed by atoms with Crippen LogP contribution >= 0.6 is 23.4 Å². The van der Waals surface area contributed by atoms with E-state index in [1.165, 1.54) is 5.56 Å². The normalized spacial score (nSPS) is 12.8. The number of hydrogen-bond donors (Lipinski definition) is 1. The molecule has 2 rings (SSSR count). The Bertz CT molecular complexity index is 840. The summed E-state index contributed by atoms with van der Waals surface area (Å²) in [5.74, 6) is 0.730. The Morgan fingerprint density at radius 2 is 1.71 bits per heavy atom. The molecule has 6 heteroatoms. The Morgan fingerprint density at radius 1 is 1.06 bits per heavy atom. The van der Waals surface area contributed by atoms with Gasteiger partial charge in [0.05, 0.1) is 0 Å². The molecule has 1 N–H and O–H groups in total. The van der Waals surface area contributed by atoms with Crippen LogP contribution in [0.25, 0.3) is 0 Å². The summed E-state index contributed by atoms with van der Waals surface area (Å²) in [5, 5.41) is 3.72. The number of nitrogens with one attached hydrogen (secondary N) is 1. The predicted molar refractivity (Wildman–Crippen MR) is 130 cm³/mol. The lowest BCUT2D eigenvalue weighted by molar-refractivity contribution is -0.140. The summed E-state index contributed by atoms with van der Waals surface area (Å²) in [4.78, 5) is 28.7. The first-order chi connectivity index (χ1) is 14.8. The molecule has 31 heavy (non-hydrogen) atoms. The molecule has 4 nitrogen and oxygen atoms in total. The minimum atomic E-state index is -0.522. The average molecular weight is 461 g/mol. The molecule has 0 fully saturated rings. The monoisotopic (exact) mass is 460 g/mol. The zero-order valence-corrected chi connectivity index (χ0v) is 20.4. The highest BCUT2D eigenvalue weighted by Gasteiger charge is 2.26. The van der Waals surface area contributed by atoms with Crippen molar-refractivity contribution in [3.05, 3.63) is 64.7 Å². The molecule has 0 aliphatic carbocycles. The number of benzene rings is 2. The molecule has 2 amide bonds. The number of hydrogen-bond acceptors (Lipinski definition) is 3. The highest BCUT2D eigenvalue weighted by molar-refractivity contribution is 7.99. The van der Waals surface area contributed by atoms with E-state index >= 15 is 0 Å². The zero-order chi connectivity index (χ0) is 22.8. The van der Waals surface area contributed by atoms with Crippen LogP contribution in [-0.4, -0.2) is 34.6 Å². The van der Waals surface area contributed by atoms with Gasteiger partial charge in [-0.2, -0.15) is 0 Å². The molecule has 0 bridgehead atoms. The number of carbonyl (C=O) groups excluding carboxylic acids is 2. The highest BCUT2D eigenvalue weighted by atomic mass is 35.5. The quantitative estimate of drug-likeness (QED) is 0.338. The zero-order valence-electron chi connectivity index (χ0n) is 18.9. The van der Waals surface area contributed by atoms with Gasteiger partial charge in [0.1, 0.15) is 6.04 Å². The molecule has 2 aromatic carbocycles. The number of thioether (sulfide) groups is 1. The average Bonchev–Trinajstić information content (AvgIpc) is 2.76. The molecule has 0 radical (unpaired) electrons. The first-order valence-electron chi connectivity index (χ1n) is 10.8. The van der Waals surface area contributed by atoms with E-state index in [1.54, 1.807) is 16.7 Å². The molecule has 2 atom stereocenters. The predicted octanol–water partition coefficient (Wildman–Crippen LogP) is 5.85. The summed E-state index contributed by atoms with van der Waals surface area (Å²) in [7, 11) is 0. The number of amides is 2. The van der Waals surface area contributed by atoms with Gasteiger partial charge in [-0.15, -0.1) is 11.8 Å². The van der Waals surface area contributed by atoms with Gasteiger partial charge in [-0.25, -0.2) is 0 Å². The van der Waals surface area contributed by atoms with Crippen molar-refractivity contribution in [2.75, 3.05) is 5.75 Å². The second-order valence-corrected chi connectivity index (χ2v) is 9.51. The minimum Gasteiger partial charge on any atom is -0.352 e. The van der Waals surface area contributed by atoms with Gasteiger partial charge in [0.25, 0.3) is 0 Å². The Labute approximate surface area is 195 Å². The van der Waals surface area contributed by atoms with Gasteiger partial charge in [0.15, 0.2) is 0 Å². The Balaban J connectivity index is 1.99. The van der Waals surface area contributed by atoms with Gasteiger partial charge in [0.2, 0.25) is 11.8 Å². The fourth-order valence-corrected chi connectivity index (χ4v) is 4.01. The summed E-state index contributed by atoms with van der Waals surface area (Å²) in [6, 6.07) is 15.4. The van der Waals surface area contributed by atoms with Gasteiger partial charge in [-0.05, 0) is 69.2 Å². The first-order valence-corrected chi connectivity index (χ1v) is 12.2. The van der Waals surface area contributed by atoms with Gasteiger partial charge < -0.3 is 10.2 Å². The summed E-state index contributed by atoms with van der Waals surface area (Å²) in [5.41, 5.74) is 2.20. The van der Waals surface area contributed by atoms with Crippen molar-refractivity contribution in [1.82, 2.24) is 10.2 Å². The smallest absolute Gasteiger partial charge is 0.242 e. The van der Waals surface area contributed by atoms with E-state index in [0.29, 0.717) is 13.0 Å². The van der Waals surface area contributed by atoms with E-state index in [1.807, 2.05) is 76.2 Å². The van der Waals surface area contributed by atoms with E-state index in [-0.39, 0.29) is 17.9 Å². The molecular formula is C25H33ClN2O2S. The lowest BCUT2D eigenvalue weighted by Crippen LogP contribution is -2.49. The van der Waals surface area contributed by atoms with Crippen molar-refractivity contribution < 1.29 is 9.59 Å². The third-order valence-corrected chi connectivity index (χ3v) is 6.61. The summed E-state index contributed by atoms with van der Waals surface area (Å²) >= 11 is 7.63. The van der Waals surface area contributed by atoms with Crippen LogP contribution in [0, 0.1) is 6.92 Å². The molecule has 0 aliphatic heterocycles. The third kappa shape index (κ3) is 8.58. The largest absolute Gasteiger partial charge is 0.352 e. The van der Waals surface area contributed by atoms with Crippen LogP contribution in [0.1, 0.15) is 51.2 Å². The SMILES string of the molecule is CCC(C)NC(=O)C(C)N(Cc1ccc(C)cc1)C(=O)CCCSc1ccc(Cl)cc1. The van der Waals surface area contributed by atoms with Crippen LogP contribution in [-0.2, 0) is 16.1 Å². The maximum absolute atomic E-state index is 13.1. The fraction of sp³-hybridized carbons (Fsp3) is 0.440. The van der Waals surface area contributed by atoms with Crippen molar-refractivity contribution in [3.8, 4) is 0 Å². The van der Waals surface area contributed by atoms with Gasteiger partial charge >= 0.3 is 0 Å². The number of nitrogens with zero attached hydrogens (tertiary/aromatic N) is 1. The van der Waals surface area contributed by atoms with Crippen molar-refractivity contribution in [3.63, 3.8) is 0 Å². The van der Waals surface area contributed by atoms with E-state index < -0.39 is 6.04 Å². The molecule has 0 saturated carbocycles. The van der Waals surface area contributed by atoms with Gasteiger partial charge in [0, 0.05) is 28.9 Å². The molecule has 168 valence electrons. The molecule has 0 heterocycles. The van der Waals surface area contributed by atoms with Crippen LogP contribution < -0.4 is 5.32 Å². The summed E-state index contributed by atoms with van der Waals surface area (Å²) < 4.78 is 0. The van der Waals surface area contributed by atoms with Gasteiger partial charge in [-0.3, -0.25) is 9.59 Å². The van der Waals surface area contributed by atoms with Gasteiger partial charge in [-0.1, -0.05) is 48.4 Å².